The summed E-state index contributed by atoms with van der Waals surface area (Å²) in [6.07, 6.45) is 4.73. The van der Waals surface area contributed by atoms with Gasteiger partial charge in [0.25, 0.3) is 0 Å². The lowest BCUT2D eigenvalue weighted by atomic mass is 9.90. The lowest BCUT2D eigenvalue weighted by molar-refractivity contribution is 0.0343. The average Bonchev–Trinajstić information content (AvgIpc) is 3.35. The number of phenolic OH excluding ortho intramolecular Hbond substituents is 1. The van der Waals surface area contributed by atoms with Crippen LogP contribution in [0.3, 0.4) is 0 Å². The van der Waals surface area contributed by atoms with E-state index in [0.29, 0.717) is 22.2 Å². The van der Waals surface area contributed by atoms with Crippen LogP contribution in [0.1, 0.15) is 35.1 Å². The molecule has 0 saturated heterocycles. The van der Waals surface area contributed by atoms with Crippen molar-refractivity contribution in [3.63, 3.8) is 0 Å². The lowest BCUT2D eigenvalue weighted by Crippen LogP contribution is -2.24. The van der Waals surface area contributed by atoms with Crippen LogP contribution in [-0.4, -0.2) is 33.5 Å². The second-order valence-corrected chi connectivity index (χ2v) is 9.46. The number of ether oxygens (including phenoxy) is 1. The number of aromatic hydroxyl groups is 1. The highest BCUT2D eigenvalue weighted by Gasteiger charge is 2.26. The summed E-state index contributed by atoms with van der Waals surface area (Å²) in [6, 6.07) is 13.1. The molecule has 1 aromatic carbocycles. The monoisotopic (exact) mass is 563 g/mol. The average molecular weight is 563 g/mol. The Morgan fingerprint density at radius 2 is 2.06 bits per heavy atom. The van der Waals surface area contributed by atoms with Gasteiger partial charge in [-0.15, -0.1) is 17.9 Å². The van der Waals surface area contributed by atoms with Crippen LogP contribution in [0.25, 0.3) is 11.6 Å². The molecule has 2 heterocycles. The molecule has 0 unspecified atom stereocenters. The van der Waals surface area contributed by atoms with E-state index in [2.05, 4.69) is 34.2 Å². The molecular formula is C25H26INO4S. The number of hydrogen-bond acceptors (Lipinski definition) is 6. The van der Waals surface area contributed by atoms with Gasteiger partial charge in [-0.25, -0.2) is 0 Å². The zero-order valence-corrected chi connectivity index (χ0v) is 20.7. The van der Waals surface area contributed by atoms with Crippen molar-refractivity contribution in [3.05, 3.63) is 86.4 Å². The van der Waals surface area contributed by atoms with Crippen LogP contribution < -0.4 is 4.74 Å². The normalized spacial score (nSPS) is 14.6. The number of pyridine rings is 1. The molecule has 0 aliphatic rings. The van der Waals surface area contributed by atoms with E-state index in [0.717, 1.165) is 21.7 Å². The molecule has 32 heavy (non-hydrogen) atoms. The first-order valence-corrected chi connectivity index (χ1v) is 12.1. The summed E-state index contributed by atoms with van der Waals surface area (Å²) in [4.78, 5) is 5.28. The number of phenols is 1. The van der Waals surface area contributed by atoms with Crippen LogP contribution in [0.4, 0.5) is 0 Å². The number of methoxy groups -OCH3 is 1. The van der Waals surface area contributed by atoms with Gasteiger partial charge in [-0.3, -0.25) is 4.98 Å². The lowest BCUT2D eigenvalue weighted by Gasteiger charge is -2.24. The van der Waals surface area contributed by atoms with Crippen molar-refractivity contribution in [2.45, 2.75) is 25.0 Å². The summed E-state index contributed by atoms with van der Waals surface area (Å²) in [5.41, 5.74) is 2.59. The maximum absolute atomic E-state index is 10.9. The van der Waals surface area contributed by atoms with E-state index in [9.17, 15) is 15.3 Å². The van der Waals surface area contributed by atoms with E-state index in [1.165, 1.54) is 18.4 Å². The van der Waals surface area contributed by atoms with Gasteiger partial charge in [-0.1, -0.05) is 18.2 Å². The van der Waals surface area contributed by atoms with Crippen molar-refractivity contribution in [3.8, 4) is 11.5 Å². The second kappa shape index (κ2) is 11.6. The minimum absolute atomic E-state index is 0.108. The molecule has 168 valence electrons. The largest absolute Gasteiger partial charge is 0.504 e. The molecule has 0 amide bonds. The summed E-state index contributed by atoms with van der Waals surface area (Å²) in [6.45, 7) is 3.82. The molecule has 2 aromatic heterocycles. The molecule has 5 nitrogen and oxygen atoms in total. The third-order valence-corrected chi connectivity index (χ3v) is 7.00. The minimum atomic E-state index is -0.798. The van der Waals surface area contributed by atoms with Gasteiger partial charge in [0.15, 0.2) is 11.5 Å². The van der Waals surface area contributed by atoms with Crippen LogP contribution in [0.15, 0.2) is 66.7 Å². The summed E-state index contributed by atoms with van der Waals surface area (Å²) < 4.78 is 5.96. The van der Waals surface area contributed by atoms with Crippen molar-refractivity contribution >= 4 is 45.6 Å². The number of benzene rings is 1. The highest BCUT2D eigenvalue weighted by Crippen LogP contribution is 2.35. The molecule has 0 radical (unpaired) electrons. The van der Waals surface area contributed by atoms with Gasteiger partial charge in [0.05, 0.1) is 28.6 Å². The van der Waals surface area contributed by atoms with Gasteiger partial charge in [0.2, 0.25) is 0 Å². The van der Waals surface area contributed by atoms with Gasteiger partial charge in [-0.05, 0) is 88.4 Å². The van der Waals surface area contributed by atoms with E-state index in [1.807, 2.05) is 47.9 Å². The number of aliphatic hydroxyl groups excluding tert-OH is 2. The number of aromatic nitrogens is 1. The third-order valence-electron chi connectivity index (χ3n) is 5.23. The molecule has 3 rings (SSSR count). The first-order chi connectivity index (χ1) is 15.4. The summed E-state index contributed by atoms with van der Waals surface area (Å²) in [7, 11) is 1.52. The van der Waals surface area contributed by atoms with Crippen molar-refractivity contribution < 1.29 is 20.1 Å². The zero-order chi connectivity index (χ0) is 23.1. The number of nitrogens with zero attached hydrogens (tertiary/aromatic N) is 1. The van der Waals surface area contributed by atoms with E-state index >= 15 is 0 Å². The molecule has 0 fully saturated rings. The van der Waals surface area contributed by atoms with E-state index < -0.39 is 18.1 Å². The summed E-state index contributed by atoms with van der Waals surface area (Å²) >= 11 is 3.52. The molecule has 0 spiro atoms. The van der Waals surface area contributed by atoms with Crippen LogP contribution in [0, 0.1) is 9.49 Å². The molecule has 3 N–H and O–H groups in total. The van der Waals surface area contributed by atoms with Crippen LogP contribution in [0.5, 0.6) is 11.5 Å². The Bertz CT molecular complexity index is 1050. The Morgan fingerprint density at radius 1 is 1.25 bits per heavy atom. The van der Waals surface area contributed by atoms with E-state index in [4.69, 9.17) is 4.74 Å². The van der Waals surface area contributed by atoms with Gasteiger partial charge < -0.3 is 20.1 Å². The Balaban J connectivity index is 1.85. The SMILES string of the molecule is C=C[C@H]([C@H](O)CC/C(=C/c1cc(I)c(O)c(OC)c1)c1ccccn1)[C@H](O)c1cccs1. The molecule has 0 aliphatic carbocycles. The molecular weight excluding hydrogens is 537 g/mol. The third kappa shape index (κ3) is 5.98. The molecule has 0 aliphatic heterocycles. The maximum atomic E-state index is 10.9. The Labute approximate surface area is 205 Å². The number of rotatable bonds is 10. The topological polar surface area (TPSA) is 82.8 Å². The number of thiophene rings is 1. The quantitative estimate of drug-likeness (QED) is 0.219. The smallest absolute Gasteiger partial charge is 0.171 e. The van der Waals surface area contributed by atoms with E-state index in [-0.39, 0.29) is 5.75 Å². The van der Waals surface area contributed by atoms with Gasteiger partial charge in [0, 0.05) is 17.0 Å². The number of aliphatic hydroxyl groups is 2. The van der Waals surface area contributed by atoms with Crippen LogP contribution >= 0.6 is 33.9 Å². The van der Waals surface area contributed by atoms with Crippen LogP contribution in [-0.2, 0) is 0 Å². The highest BCUT2D eigenvalue weighted by atomic mass is 127. The fourth-order valence-electron chi connectivity index (χ4n) is 3.50. The number of halogens is 1. The maximum Gasteiger partial charge on any atom is 0.171 e. The fraction of sp³-hybridized carbons (Fsp3) is 0.240. The first-order valence-electron chi connectivity index (χ1n) is 10.1. The zero-order valence-electron chi connectivity index (χ0n) is 17.7. The second-order valence-electron chi connectivity index (χ2n) is 7.32. The predicted octanol–water partition coefficient (Wildman–Crippen LogP) is 5.68. The predicted molar refractivity (Wildman–Crippen MR) is 138 cm³/mol. The molecule has 0 bridgehead atoms. The summed E-state index contributed by atoms with van der Waals surface area (Å²) in [5, 5.41) is 33.6. The van der Waals surface area contributed by atoms with E-state index in [1.54, 1.807) is 18.3 Å². The first kappa shape index (κ1) is 24.4. The summed E-state index contributed by atoms with van der Waals surface area (Å²) in [5.74, 6) is 0.0270. The minimum Gasteiger partial charge on any atom is -0.504 e. The Morgan fingerprint density at radius 3 is 2.69 bits per heavy atom. The molecule has 3 atom stereocenters. The van der Waals surface area contributed by atoms with Crippen molar-refractivity contribution in [2.75, 3.05) is 7.11 Å². The Kier molecular flexibility index (Phi) is 8.86. The van der Waals surface area contributed by atoms with Crippen molar-refractivity contribution in [1.29, 1.82) is 0 Å². The molecule has 0 saturated carbocycles. The van der Waals surface area contributed by atoms with Gasteiger partial charge in [-0.2, -0.15) is 0 Å². The molecule has 7 heteroatoms. The van der Waals surface area contributed by atoms with Crippen molar-refractivity contribution in [1.82, 2.24) is 4.98 Å². The number of hydrogen-bond donors (Lipinski definition) is 3. The highest BCUT2D eigenvalue weighted by molar-refractivity contribution is 14.1. The van der Waals surface area contributed by atoms with Gasteiger partial charge >= 0.3 is 0 Å². The van der Waals surface area contributed by atoms with Gasteiger partial charge in [0.1, 0.15) is 0 Å². The van der Waals surface area contributed by atoms with Crippen LogP contribution in [0.2, 0.25) is 0 Å². The van der Waals surface area contributed by atoms with Crippen molar-refractivity contribution in [2.24, 2.45) is 5.92 Å². The standard InChI is InChI=1S/C25H26INO4S/c1-3-18(24(29)23-8-6-12-32-23)21(28)10-9-17(20-7-4-5-11-27-20)13-16-14-19(26)25(30)22(15-16)31-2/h3-8,11-15,18,21,24,28-30H,1,9-10H2,2H3/b17-13-/t18-,21-,24+/m1/s1. The Hall–Kier alpha value is -2.20. The fourth-order valence-corrected chi connectivity index (χ4v) is 4.90. The number of allylic oxidation sites excluding steroid dienone is 1. The molecule has 3 aromatic rings.